The first-order valence-corrected chi connectivity index (χ1v) is 7.57. The molecule has 0 aromatic rings. The van der Waals surface area contributed by atoms with Crippen LogP contribution in [0.2, 0.25) is 0 Å². The van der Waals surface area contributed by atoms with Crippen molar-refractivity contribution in [2.24, 2.45) is 0 Å². The number of nitrogens with zero attached hydrogens (tertiary/aromatic N) is 2. The van der Waals surface area contributed by atoms with Crippen LogP contribution in [-0.4, -0.2) is 66.7 Å². The van der Waals surface area contributed by atoms with Crippen molar-refractivity contribution < 1.29 is 14.3 Å². The predicted molar refractivity (Wildman–Crippen MR) is 82.1 cm³/mol. The molecule has 2 amide bonds. The van der Waals surface area contributed by atoms with Gasteiger partial charge in [-0.2, -0.15) is 0 Å². The van der Waals surface area contributed by atoms with Crippen molar-refractivity contribution in [3.63, 3.8) is 0 Å². The summed E-state index contributed by atoms with van der Waals surface area (Å²) in [6, 6.07) is 0. The lowest BCUT2D eigenvalue weighted by Crippen LogP contribution is -2.65. The Morgan fingerprint density at radius 3 is 2.48 bits per heavy atom. The zero-order chi connectivity index (χ0) is 16.3. The van der Waals surface area contributed by atoms with Gasteiger partial charge in [0.15, 0.2) is 0 Å². The van der Waals surface area contributed by atoms with Gasteiger partial charge in [-0.15, -0.1) is 0 Å². The number of carbonyl (C=O) groups excluding carboxylic acids is 2. The Morgan fingerprint density at radius 1 is 1.38 bits per heavy atom. The van der Waals surface area contributed by atoms with Crippen molar-refractivity contribution in [2.45, 2.75) is 51.7 Å². The molecule has 122 valence electrons. The number of ether oxygens (including phenoxy) is 1. The fraction of sp³-hybridized carbons (Fsp3) is 0.867. The second-order valence-corrected chi connectivity index (χ2v) is 6.66. The van der Waals surface area contributed by atoms with Gasteiger partial charge in [-0.1, -0.05) is 0 Å². The first-order chi connectivity index (χ1) is 9.65. The molecule has 1 rings (SSSR count). The first kappa shape index (κ1) is 17.8. The SMILES string of the molecule is CCN(C)C(=O)C1(NC)CCCN(C(=O)OC(C)(C)C)C1. The molecule has 0 bridgehead atoms. The van der Waals surface area contributed by atoms with Gasteiger partial charge >= 0.3 is 6.09 Å². The molecule has 1 unspecified atom stereocenters. The summed E-state index contributed by atoms with van der Waals surface area (Å²) in [5.74, 6) is 0.0285. The van der Waals surface area contributed by atoms with E-state index < -0.39 is 11.1 Å². The van der Waals surface area contributed by atoms with Crippen LogP contribution in [0.5, 0.6) is 0 Å². The molecule has 0 aromatic carbocycles. The summed E-state index contributed by atoms with van der Waals surface area (Å²) in [5.41, 5.74) is -1.24. The monoisotopic (exact) mass is 299 g/mol. The third-order valence-electron chi connectivity index (χ3n) is 3.85. The zero-order valence-electron chi connectivity index (χ0n) is 14.2. The minimum absolute atomic E-state index is 0.0285. The highest BCUT2D eigenvalue weighted by molar-refractivity contribution is 5.87. The summed E-state index contributed by atoms with van der Waals surface area (Å²) in [5, 5.41) is 3.14. The average molecular weight is 299 g/mol. The standard InChI is InChI=1S/C15H29N3O3/c1-7-17(6)12(19)15(16-5)9-8-10-18(11-15)13(20)21-14(2,3)4/h16H,7-11H2,1-6H3. The molecule has 1 heterocycles. The van der Waals surface area contributed by atoms with Gasteiger partial charge in [-0.25, -0.2) is 4.79 Å². The van der Waals surface area contributed by atoms with Crippen LogP contribution >= 0.6 is 0 Å². The van der Waals surface area contributed by atoms with Gasteiger partial charge in [0.25, 0.3) is 0 Å². The van der Waals surface area contributed by atoms with Crippen LogP contribution in [0.15, 0.2) is 0 Å². The Balaban J connectivity index is 2.86. The van der Waals surface area contributed by atoms with Crippen LogP contribution < -0.4 is 5.32 Å². The second kappa shape index (κ2) is 6.64. The van der Waals surface area contributed by atoms with Crippen LogP contribution in [0.3, 0.4) is 0 Å². The number of hydrogen-bond donors (Lipinski definition) is 1. The summed E-state index contributed by atoms with van der Waals surface area (Å²) in [4.78, 5) is 28.2. The number of hydrogen-bond acceptors (Lipinski definition) is 4. The molecule has 6 heteroatoms. The van der Waals surface area contributed by atoms with Gasteiger partial charge in [0.05, 0.1) is 6.54 Å². The largest absolute Gasteiger partial charge is 0.444 e. The Hall–Kier alpha value is -1.30. The minimum Gasteiger partial charge on any atom is -0.444 e. The number of likely N-dealkylation sites (N-methyl/N-ethyl adjacent to an activating group) is 2. The quantitative estimate of drug-likeness (QED) is 0.857. The van der Waals surface area contributed by atoms with Crippen molar-refractivity contribution in [1.29, 1.82) is 0 Å². The molecule has 1 fully saturated rings. The van der Waals surface area contributed by atoms with Gasteiger partial charge in [-0.05, 0) is 47.6 Å². The van der Waals surface area contributed by atoms with Crippen molar-refractivity contribution in [3.8, 4) is 0 Å². The van der Waals surface area contributed by atoms with E-state index in [-0.39, 0.29) is 12.0 Å². The highest BCUT2D eigenvalue weighted by atomic mass is 16.6. The van der Waals surface area contributed by atoms with E-state index in [4.69, 9.17) is 4.74 Å². The van der Waals surface area contributed by atoms with E-state index >= 15 is 0 Å². The maximum Gasteiger partial charge on any atom is 0.410 e. The Bertz CT molecular complexity index is 392. The number of rotatable bonds is 3. The van der Waals surface area contributed by atoms with Gasteiger partial charge in [0.2, 0.25) is 5.91 Å². The molecule has 0 aromatic heterocycles. The topological polar surface area (TPSA) is 61.9 Å². The Morgan fingerprint density at radius 2 is 2.00 bits per heavy atom. The number of likely N-dealkylation sites (tertiary alicyclic amines) is 1. The number of carbonyl (C=O) groups is 2. The van der Waals surface area contributed by atoms with Crippen molar-refractivity contribution >= 4 is 12.0 Å². The predicted octanol–water partition coefficient (Wildman–Crippen LogP) is 1.45. The first-order valence-electron chi connectivity index (χ1n) is 7.57. The molecular weight excluding hydrogens is 270 g/mol. The average Bonchev–Trinajstić information content (AvgIpc) is 2.43. The number of amides is 2. The van der Waals surface area contributed by atoms with E-state index in [2.05, 4.69) is 5.32 Å². The van der Waals surface area contributed by atoms with E-state index in [1.807, 2.05) is 27.7 Å². The van der Waals surface area contributed by atoms with E-state index in [1.165, 1.54) is 0 Å². The molecule has 0 radical (unpaired) electrons. The maximum atomic E-state index is 12.6. The molecule has 1 aliphatic heterocycles. The fourth-order valence-corrected chi connectivity index (χ4v) is 2.53. The highest BCUT2D eigenvalue weighted by Crippen LogP contribution is 2.24. The smallest absolute Gasteiger partial charge is 0.410 e. The van der Waals surface area contributed by atoms with Crippen LogP contribution in [0, 0.1) is 0 Å². The Labute approximate surface area is 127 Å². The lowest BCUT2D eigenvalue weighted by atomic mass is 9.87. The van der Waals surface area contributed by atoms with Gasteiger partial charge in [-0.3, -0.25) is 4.79 Å². The van der Waals surface area contributed by atoms with Crippen LogP contribution in [-0.2, 0) is 9.53 Å². The summed E-state index contributed by atoms with van der Waals surface area (Å²) in [7, 11) is 3.56. The fourth-order valence-electron chi connectivity index (χ4n) is 2.53. The summed E-state index contributed by atoms with van der Waals surface area (Å²) >= 11 is 0. The van der Waals surface area contributed by atoms with Crippen LogP contribution in [0.25, 0.3) is 0 Å². The molecule has 1 saturated heterocycles. The highest BCUT2D eigenvalue weighted by Gasteiger charge is 2.44. The molecule has 1 atom stereocenters. The van der Waals surface area contributed by atoms with E-state index in [1.54, 1.807) is 23.9 Å². The second-order valence-electron chi connectivity index (χ2n) is 6.66. The molecule has 21 heavy (non-hydrogen) atoms. The molecule has 0 spiro atoms. The molecular formula is C15H29N3O3. The van der Waals surface area contributed by atoms with E-state index in [9.17, 15) is 9.59 Å². The van der Waals surface area contributed by atoms with Crippen LogP contribution in [0.1, 0.15) is 40.5 Å². The third-order valence-corrected chi connectivity index (χ3v) is 3.85. The summed E-state index contributed by atoms with van der Waals surface area (Å²) in [6.07, 6.45) is 1.16. The molecule has 0 aliphatic carbocycles. The van der Waals surface area contributed by atoms with Crippen molar-refractivity contribution in [3.05, 3.63) is 0 Å². The minimum atomic E-state index is -0.708. The van der Waals surface area contributed by atoms with E-state index in [0.717, 1.165) is 12.8 Å². The van der Waals surface area contributed by atoms with Crippen molar-refractivity contribution in [2.75, 3.05) is 33.7 Å². The maximum absolute atomic E-state index is 12.6. The normalized spacial score (nSPS) is 22.9. The third kappa shape index (κ3) is 4.33. The van der Waals surface area contributed by atoms with Crippen LogP contribution in [0.4, 0.5) is 4.79 Å². The summed E-state index contributed by atoms with van der Waals surface area (Å²) < 4.78 is 5.42. The van der Waals surface area contributed by atoms with Gasteiger partial charge < -0.3 is 19.9 Å². The molecule has 6 nitrogen and oxygen atoms in total. The molecule has 1 aliphatic rings. The van der Waals surface area contributed by atoms with Gasteiger partial charge in [0, 0.05) is 20.1 Å². The number of piperidine rings is 1. The van der Waals surface area contributed by atoms with E-state index in [0.29, 0.717) is 19.6 Å². The van der Waals surface area contributed by atoms with Crippen molar-refractivity contribution in [1.82, 2.24) is 15.1 Å². The summed E-state index contributed by atoms with van der Waals surface area (Å²) in [6.45, 7) is 9.09. The lowest BCUT2D eigenvalue weighted by Gasteiger charge is -2.43. The molecule has 0 saturated carbocycles. The lowest BCUT2D eigenvalue weighted by molar-refractivity contribution is -0.139. The number of nitrogens with one attached hydrogen (secondary N) is 1. The zero-order valence-corrected chi connectivity index (χ0v) is 14.2. The Kier molecular flexibility index (Phi) is 5.61. The van der Waals surface area contributed by atoms with Gasteiger partial charge in [0.1, 0.15) is 11.1 Å². The molecule has 1 N–H and O–H groups in total.